The summed E-state index contributed by atoms with van der Waals surface area (Å²) in [5.41, 5.74) is 5.34. The number of nitriles is 1. The van der Waals surface area contributed by atoms with E-state index in [-0.39, 0.29) is 17.9 Å². The molecule has 3 aromatic rings. The van der Waals surface area contributed by atoms with Crippen LogP contribution in [-0.4, -0.2) is 10.4 Å². The van der Waals surface area contributed by atoms with E-state index in [4.69, 9.17) is 10.5 Å². The van der Waals surface area contributed by atoms with Gasteiger partial charge in [-0.25, -0.2) is 4.79 Å². The molecule has 0 atom stereocenters. The Morgan fingerprint density at radius 3 is 2.73 bits per heavy atom. The zero-order valence-corrected chi connectivity index (χ0v) is 13.2. The Bertz CT molecular complexity index is 1030. The maximum atomic E-state index is 12.8. The van der Waals surface area contributed by atoms with Gasteiger partial charge in [-0.1, -0.05) is 6.07 Å². The number of aromatic nitrogens is 1. The van der Waals surface area contributed by atoms with Gasteiger partial charge in [-0.15, -0.1) is 0 Å². The molecule has 0 unspecified atom stereocenters. The number of nitrogens with two attached hydrogens (primary N) is 1. The molecule has 0 saturated carbocycles. The zero-order chi connectivity index (χ0) is 18.9. The molecule has 0 amide bonds. The highest BCUT2D eigenvalue weighted by atomic mass is 19.4. The average Bonchev–Trinajstić information content (AvgIpc) is 2.95. The van der Waals surface area contributed by atoms with Crippen molar-refractivity contribution in [2.45, 2.75) is 12.8 Å². The summed E-state index contributed by atoms with van der Waals surface area (Å²) in [6.07, 6.45) is -1.27. The van der Waals surface area contributed by atoms with Crippen LogP contribution in [0, 0.1) is 11.3 Å². The van der Waals surface area contributed by atoms with Crippen LogP contribution in [0.2, 0.25) is 0 Å². The van der Waals surface area contributed by atoms with Crippen molar-refractivity contribution in [3.05, 3.63) is 71.0 Å². The van der Waals surface area contributed by atoms with Crippen molar-refractivity contribution in [2.75, 3.05) is 5.73 Å². The number of carbonyl (C=O) groups is 1. The van der Waals surface area contributed by atoms with E-state index in [0.717, 1.165) is 12.1 Å². The number of hydrogen-bond acceptors (Lipinski definition) is 4. The standard InChI is InChI=1S/C18H12F3N3O2/c19-18(20,21)13-5-11(6-14(23)7-13)17(25)26-10-12-9-24-4-2-1-3-16(24)15(12)8-22/h1-7,9H,10,23H2. The fourth-order valence-electron chi connectivity index (χ4n) is 2.58. The zero-order valence-electron chi connectivity index (χ0n) is 13.2. The summed E-state index contributed by atoms with van der Waals surface area (Å²) in [5.74, 6) is -0.957. The molecule has 0 fully saturated rings. The van der Waals surface area contributed by atoms with Crippen LogP contribution in [0.5, 0.6) is 0 Å². The summed E-state index contributed by atoms with van der Waals surface area (Å²) in [4.78, 5) is 12.1. The highest BCUT2D eigenvalue weighted by Crippen LogP contribution is 2.31. The van der Waals surface area contributed by atoms with Crippen LogP contribution in [0.4, 0.5) is 18.9 Å². The Kier molecular flexibility index (Phi) is 4.30. The van der Waals surface area contributed by atoms with Crippen molar-refractivity contribution in [3.8, 4) is 6.07 Å². The molecule has 0 bridgehead atoms. The minimum Gasteiger partial charge on any atom is -0.457 e. The minimum atomic E-state index is -4.63. The second-order valence-corrected chi connectivity index (χ2v) is 5.55. The monoisotopic (exact) mass is 359 g/mol. The largest absolute Gasteiger partial charge is 0.457 e. The third-order valence-electron chi connectivity index (χ3n) is 3.75. The lowest BCUT2D eigenvalue weighted by Gasteiger charge is -2.10. The van der Waals surface area contributed by atoms with Gasteiger partial charge in [0.2, 0.25) is 0 Å². The molecule has 2 heterocycles. The van der Waals surface area contributed by atoms with E-state index >= 15 is 0 Å². The number of hydrogen-bond donors (Lipinski definition) is 1. The van der Waals surface area contributed by atoms with Crippen molar-refractivity contribution in [3.63, 3.8) is 0 Å². The number of rotatable bonds is 3. The molecule has 0 radical (unpaired) electrons. The lowest BCUT2D eigenvalue weighted by molar-refractivity contribution is -0.137. The number of halogens is 3. The van der Waals surface area contributed by atoms with Gasteiger partial charge < -0.3 is 14.9 Å². The molecule has 0 aliphatic rings. The number of anilines is 1. The fraction of sp³-hybridized carbons (Fsp3) is 0.111. The third kappa shape index (κ3) is 3.32. The number of ether oxygens (including phenoxy) is 1. The maximum absolute atomic E-state index is 12.8. The molecule has 0 spiro atoms. The topological polar surface area (TPSA) is 80.5 Å². The van der Waals surface area contributed by atoms with Crippen molar-refractivity contribution in [2.24, 2.45) is 0 Å². The van der Waals surface area contributed by atoms with Crippen LogP contribution in [-0.2, 0) is 17.5 Å². The van der Waals surface area contributed by atoms with Crippen LogP contribution in [0.25, 0.3) is 5.52 Å². The first kappa shape index (κ1) is 17.4. The van der Waals surface area contributed by atoms with E-state index in [1.54, 1.807) is 35.0 Å². The van der Waals surface area contributed by atoms with Gasteiger partial charge in [0.25, 0.3) is 0 Å². The van der Waals surface area contributed by atoms with E-state index < -0.39 is 17.7 Å². The Hall–Kier alpha value is -3.47. The van der Waals surface area contributed by atoms with Crippen LogP contribution < -0.4 is 5.73 Å². The summed E-state index contributed by atoms with van der Waals surface area (Å²) in [5, 5.41) is 9.30. The normalized spacial score (nSPS) is 11.3. The molecule has 5 nitrogen and oxygen atoms in total. The Balaban J connectivity index is 1.84. The van der Waals surface area contributed by atoms with E-state index in [1.165, 1.54) is 0 Å². The van der Waals surface area contributed by atoms with Crippen molar-refractivity contribution in [1.29, 1.82) is 5.26 Å². The van der Waals surface area contributed by atoms with E-state index in [1.807, 2.05) is 6.07 Å². The maximum Gasteiger partial charge on any atom is 0.416 e. The summed E-state index contributed by atoms with van der Waals surface area (Å²) < 4.78 is 45.3. The first-order valence-electron chi connectivity index (χ1n) is 7.43. The third-order valence-corrected chi connectivity index (χ3v) is 3.75. The molecular formula is C18H12F3N3O2. The van der Waals surface area contributed by atoms with Crippen LogP contribution in [0.3, 0.4) is 0 Å². The Morgan fingerprint density at radius 2 is 2.04 bits per heavy atom. The Labute approximate surface area is 146 Å². The number of carbonyl (C=O) groups excluding carboxylic acids is 1. The number of benzene rings is 1. The lowest BCUT2D eigenvalue weighted by atomic mass is 10.1. The van der Waals surface area contributed by atoms with Crippen LogP contribution in [0.1, 0.15) is 27.0 Å². The van der Waals surface area contributed by atoms with Gasteiger partial charge in [-0.3, -0.25) is 0 Å². The molecule has 132 valence electrons. The SMILES string of the molecule is N#Cc1c(COC(=O)c2cc(N)cc(C(F)(F)F)c2)cn2ccccc12. The van der Waals surface area contributed by atoms with E-state index in [0.29, 0.717) is 22.7 Å². The molecule has 1 aromatic carbocycles. The Morgan fingerprint density at radius 1 is 1.27 bits per heavy atom. The summed E-state index contributed by atoms with van der Waals surface area (Å²) in [6.45, 7) is -0.250. The summed E-state index contributed by atoms with van der Waals surface area (Å²) in [7, 11) is 0. The molecule has 2 N–H and O–H groups in total. The number of pyridine rings is 1. The molecule has 26 heavy (non-hydrogen) atoms. The second-order valence-electron chi connectivity index (χ2n) is 5.55. The summed E-state index contributed by atoms with van der Waals surface area (Å²) >= 11 is 0. The van der Waals surface area contributed by atoms with Gasteiger partial charge in [0, 0.05) is 23.6 Å². The van der Waals surface area contributed by atoms with E-state index in [9.17, 15) is 23.2 Å². The van der Waals surface area contributed by atoms with Gasteiger partial charge in [0.05, 0.1) is 22.2 Å². The predicted molar refractivity (Wildman–Crippen MR) is 87.1 cm³/mol. The number of alkyl halides is 3. The molecule has 8 heteroatoms. The molecule has 2 aromatic heterocycles. The van der Waals surface area contributed by atoms with Crippen LogP contribution in [0.15, 0.2) is 48.8 Å². The highest BCUT2D eigenvalue weighted by molar-refractivity contribution is 5.90. The van der Waals surface area contributed by atoms with Crippen molar-refractivity contribution >= 4 is 17.2 Å². The van der Waals surface area contributed by atoms with Crippen molar-refractivity contribution < 1.29 is 22.7 Å². The number of esters is 1. The molecule has 3 rings (SSSR count). The molecule has 0 aliphatic carbocycles. The predicted octanol–water partition coefficient (Wildman–Crippen LogP) is 3.77. The number of nitrogens with zero attached hydrogens (tertiary/aromatic N) is 2. The number of nitrogen functional groups attached to an aromatic ring is 1. The summed E-state index contributed by atoms with van der Waals surface area (Å²) in [6, 6.07) is 9.84. The fourth-order valence-corrected chi connectivity index (χ4v) is 2.58. The smallest absolute Gasteiger partial charge is 0.416 e. The molecular weight excluding hydrogens is 347 g/mol. The molecule has 0 saturated heterocycles. The van der Waals surface area contributed by atoms with Gasteiger partial charge in [-0.2, -0.15) is 18.4 Å². The first-order valence-corrected chi connectivity index (χ1v) is 7.43. The second kappa shape index (κ2) is 6.44. The van der Waals surface area contributed by atoms with E-state index in [2.05, 4.69) is 0 Å². The number of fused-ring (bicyclic) bond motifs is 1. The molecule has 0 aliphatic heterocycles. The van der Waals surface area contributed by atoms with Gasteiger partial charge in [0.1, 0.15) is 12.7 Å². The van der Waals surface area contributed by atoms with Crippen LogP contribution >= 0.6 is 0 Å². The minimum absolute atomic E-state index is 0.195. The van der Waals surface area contributed by atoms with Gasteiger partial charge in [0.15, 0.2) is 0 Å². The van der Waals surface area contributed by atoms with Crippen molar-refractivity contribution in [1.82, 2.24) is 4.40 Å². The lowest BCUT2D eigenvalue weighted by Crippen LogP contribution is -2.11. The first-order chi connectivity index (χ1) is 12.3. The van der Waals surface area contributed by atoms with Gasteiger partial charge >= 0.3 is 12.1 Å². The average molecular weight is 359 g/mol. The van der Waals surface area contributed by atoms with Gasteiger partial charge in [-0.05, 0) is 30.3 Å². The highest BCUT2D eigenvalue weighted by Gasteiger charge is 2.31. The quantitative estimate of drug-likeness (QED) is 0.570.